The van der Waals surface area contributed by atoms with E-state index in [-0.39, 0.29) is 23.3 Å². The van der Waals surface area contributed by atoms with Crippen LogP contribution in [-0.4, -0.2) is 32.2 Å². The van der Waals surface area contributed by atoms with Gasteiger partial charge in [-0.15, -0.1) is 0 Å². The molecular weight excluding hydrogens is 384 g/mol. The Kier molecular flexibility index (Phi) is 5.94. The first kappa shape index (κ1) is 19.6. The van der Waals surface area contributed by atoms with Gasteiger partial charge in [-0.3, -0.25) is 14.2 Å². The molecule has 7 heteroatoms. The summed E-state index contributed by atoms with van der Waals surface area (Å²) in [6.45, 7) is 2.20. The van der Waals surface area contributed by atoms with E-state index in [4.69, 9.17) is 0 Å². The number of fused-ring (bicyclic) bond motifs is 1. The first-order valence-corrected chi connectivity index (χ1v) is 11.0. The van der Waals surface area contributed by atoms with Crippen molar-refractivity contribution in [1.82, 2.24) is 19.9 Å². The molecule has 0 bridgehead atoms. The Balaban J connectivity index is 1.61. The standard InChI is InChI=1S/C22H24N4O2S/c1-15-8-5-6-12-18(15)24-19(27)14-29-22-25-20-17(11-7-13-23-20)21(28)26(22)16-9-3-2-4-10-16/h2-4,7,9-11,13,15,18H,5-6,8,12,14H2,1H3,(H,24,27)/t15-,18+/m1/s1. The number of thioether (sulfide) groups is 1. The molecule has 2 atom stereocenters. The van der Waals surface area contributed by atoms with E-state index in [1.54, 1.807) is 22.9 Å². The van der Waals surface area contributed by atoms with Gasteiger partial charge in [0.1, 0.15) is 0 Å². The number of nitrogens with zero attached hydrogens (tertiary/aromatic N) is 3. The summed E-state index contributed by atoms with van der Waals surface area (Å²) >= 11 is 1.27. The Bertz CT molecular complexity index is 1070. The lowest BCUT2D eigenvalue weighted by Gasteiger charge is -2.29. The fourth-order valence-electron chi connectivity index (χ4n) is 3.81. The van der Waals surface area contributed by atoms with E-state index in [1.807, 2.05) is 30.3 Å². The zero-order chi connectivity index (χ0) is 20.2. The molecule has 1 aromatic carbocycles. The lowest BCUT2D eigenvalue weighted by atomic mass is 9.86. The van der Waals surface area contributed by atoms with Crippen molar-refractivity contribution in [2.45, 2.75) is 43.8 Å². The van der Waals surface area contributed by atoms with E-state index >= 15 is 0 Å². The zero-order valence-corrected chi connectivity index (χ0v) is 17.2. The van der Waals surface area contributed by atoms with Gasteiger partial charge in [0, 0.05) is 12.2 Å². The third kappa shape index (κ3) is 4.34. The number of hydrogen-bond acceptors (Lipinski definition) is 5. The molecular formula is C22H24N4O2S. The average Bonchev–Trinajstić information content (AvgIpc) is 2.75. The van der Waals surface area contributed by atoms with Crippen molar-refractivity contribution < 1.29 is 4.79 Å². The van der Waals surface area contributed by atoms with Crippen LogP contribution in [0.1, 0.15) is 32.6 Å². The Morgan fingerprint density at radius 2 is 1.97 bits per heavy atom. The van der Waals surface area contributed by atoms with Gasteiger partial charge in [-0.1, -0.05) is 49.7 Å². The highest BCUT2D eigenvalue weighted by molar-refractivity contribution is 7.99. The van der Waals surface area contributed by atoms with Crippen LogP contribution in [0.5, 0.6) is 0 Å². The lowest BCUT2D eigenvalue weighted by molar-refractivity contribution is -0.119. The SMILES string of the molecule is C[C@@H]1CCCC[C@@H]1NC(=O)CSc1nc2ncccc2c(=O)n1-c1ccccc1. The zero-order valence-electron chi connectivity index (χ0n) is 16.4. The van der Waals surface area contributed by atoms with Crippen molar-refractivity contribution in [3.05, 3.63) is 59.0 Å². The topological polar surface area (TPSA) is 76.9 Å². The maximum absolute atomic E-state index is 13.1. The molecule has 1 amide bonds. The number of hydrogen-bond donors (Lipinski definition) is 1. The molecule has 2 aromatic heterocycles. The average molecular weight is 409 g/mol. The van der Waals surface area contributed by atoms with E-state index in [1.165, 1.54) is 18.2 Å². The highest BCUT2D eigenvalue weighted by Gasteiger charge is 2.23. The smallest absolute Gasteiger partial charge is 0.268 e. The van der Waals surface area contributed by atoms with Crippen LogP contribution < -0.4 is 10.9 Å². The molecule has 1 aliphatic carbocycles. The van der Waals surface area contributed by atoms with Crippen LogP contribution in [0.25, 0.3) is 16.7 Å². The quantitative estimate of drug-likeness (QED) is 0.516. The number of pyridine rings is 1. The summed E-state index contributed by atoms with van der Waals surface area (Å²) in [4.78, 5) is 34.5. The third-order valence-corrected chi connectivity index (χ3v) is 6.36. The molecule has 1 saturated carbocycles. The third-order valence-electron chi connectivity index (χ3n) is 5.42. The van der Waals surface area contributed by atoms with E-state index in [0.29, 0.717) is 22.1 Å². The van der Waals surface area contributed by atoms with Gasteiger partial charge in [0.15, 0.2) is 10.8 Å². The number of carbonyl (C=O) groups is 1. The van der Waals surface area contributed by atoms with E-state index in [2.05, 4.69) is 22.2 Å². The van der Waals surface area contributed by atoms with Gasteiger partial charge in [0.25, 0.3) is 5.56 Å². The molecule has 2 heterocycles. The predicted octanol–water partition coefficient (Wildman–Crippen LogP) is 3.57. The number of rotatable bonds is 5. The van der Waals surface area contributed by atoms with Crippen LogP contribution in [0.3, 0.4) is 0 Å². The molecule has 29 heavy (non-hydrogen) atoms. The van der Waals surface area contributed by atoms with Crippen molar-refractivity contribution in [3.8, 4) is 5.69 Å². The Hall–Kier alpha value is -2.67. The van der Waals surface area contributed by atoms with Crippen molar-refractivity contribution in [1.29, 1.82) is 0 Å². The molecule has 150 valence electrons. The first-order valence-electron chi connectivity index (χ1n) is 9.99. The van der Waals surface area contributed by atoms with E-state index in [9.17, 15) is 9.59 Å². The van der Waals surface area contributed by atoms with Crippen molar-refractivity contribution in [2.75, 3.05) is 5.75 Å². The molecule has 1 N–H and O–H groups in total. The summed E-state index contributed by atoms with van der Waals surface area (Å²) in [7, 11) is 0. The second-order valence-corrected chi connectivity index (χ2v) is 8.41. The number of para-hydroxylation sites is 1. The second kappa shape index (κ2) is 8.78. The minimum Gasteiger partial charge on any atom is -0.352 e. The molecule has 6 nitrogen and oxygen atoms in total. The fraction of sp³-hybridized carbons (Fsp3) is 0.364. The molecule has 0 saturated heterocycles. The largest absolute Gasteiger partial charge is 0.352 e. The summed E-state index contributed by atoms with van der Waals surface area (Å²) in [6, 6.07) is 13.1. The van der Waals surface area contributed by atoms with Gasteiger partial charge >= 0.3 is 0 Å². The number of aromatic nitrogens is 3. The van der Waals surface area contributed by atoms with Gasteiger partial charge in [0.05, 0.1) is 16.8 Å². The summed E-state index contributed by atoms with van der Waals surface area (Å²) in [5.74, 6) is 0.688. The second-order valence-electron chi connectivity index (χ2n) is 7.47. The van der Waals surface area contributed by atoms with Gasteiger partial charge in [-0.25, -0.2) is 9.97 Å². The van der Waals surface area contributed by atoms with Crippen molar-refractivity contribution in [3.63, 3.8) is 0 Å². The Labute approximate surface area is 173 Å². The van der Waals surface area contributed by atoms with Crippen molar-refractivity contribution >= 4 is 28.7 Å². The van der Waals surface area contributed by atoms with Crippen LogP contribution in [0.4, 0.5) is 0 Å². The highest BCUT2D eigenvalue weighted by atomic mass is 32.2. The van der Waals surface area contributed by atoms with Crippen LogP contribution in [0, 0.1) is 5.92 Å². The molecule has 1 fully saturated rings. The Morgan fingerprint density at radius 3 is 2.76 bits per heavy atom. The number of carbonyl (C=O) groups excluding carboxylic acids is 1. The molecule has 1 aliphatic rings. The van der Waals surface area contributed by atoms with Crippen molar-refractivity contribution in [2.24, 2.45) is 5.92 Å². The molecule has 4 rings (SSSR count). The maximum atomic E-state index is 13.1. The van der Waals surface area contributed by atoms with Gasteiger partial charge in [-0.2, -0.15) is 0 Å². The number of amides is 1. The predicted molar refractivity (Wildman–Crippen MR) is 115 cm³/mol. The molecule has 3 aromatic rings. The normalized spacial score (nSPS) is 19.2. The molecule has 0 unspecified atom stereocenters. The van der Waals surface area contributed by atoms with Gasteiger partial charge in [-0.05, 0) is 43.0 Å². The molecule has 0 spiro atoms. The summed E-state index contributed by atoms with van der Waals surface area (Å²) in [5, 5.41) is 4.09. The minimum absolute atomic E-state index is 0.0243. The summed E-state index contributed by atoms with van der Waals surface area (Å²) in [6.07, 6.45) is 6.20. The lowest BCUT2D eigenvalue weighted by Crippen LogP contribution is -2.41. The summed E-state index contributed by atoms with van der Waals surface area (Å²) in [5.41, 5.74) is 0.936. The van der Waals surface area contributed by atoms with Gasteiger partial charge in [0.2, 0.25) is 5.91 Å². The van der Waals surface area contributed by atoms with Crippen LogP contribution >= 0.6 is 11.8 Å². The molecule has 0 radical (unpaired) electrons. The van der Waals surface area contributed by atoms with E-state index in [0.717, 1.165) is 24.9 Å². The highest BCUT2D eigenvalue weighted by Crippen LogP contribution is 2.24. The van der Waals surface area contributed by atoms with Crippen LogP contribution in [-0.2, 0) is 4.79 Å². The first-order chi connectivity index (χ1) is 14.1. The number of benzene rings is 1. The van der Waals surface area contributed by atoms with E-state index < -0.39 is 0 Å². The molecule has 0 aliphatic heterocycles. The summed E-state index contributed by atoms with van der Waals surface area (Å²) < 4.78 is 1.56. The minimum atomic E-state index is -0.182. The fourth-order valence-corrected chi connectivity index (χ4v) is 4.62. The number of nitrogens with one attached hydrogen (secondary N) is 1. The van der Waals surface area contributed by atoms with Gasteiger partial charge < -0.3 is 5.32 Å². The van der Waals surface area contributed by atoms with Crippen LogP contribution in [0.15, 0.2) is 58.6 Å². The monoisotopic (exact) mass is 408 g/mol. The Morgan fingerprint density at radius 1 is 1.17 bits per heavy atom. The van der Waals surface area contributed by atoms with Crippen LogP contribution in [0.2, 0.25) is 0 Å². The maximum Gasteiger partial charge on any atom is 0.268 e.